The summed E-state index contributed by atoms with van der Waals surface area (Å²) in [6, 6.07) is 3.33. The molecule has 0 aliphatic heterocycles. The molecule has 2 unspecified atom stereocenters. The Kier molecular flexibility index (Phi) is 4.87. The molecule has 0 saturated heterocycles. The van der Waals surface area contributed by atoms with Gasteiger partial charge in [-0.2, -0.15) is 18.3 Å². The van der Waals surface area contributed by atoms with Crippen LogP contribution in [0.2, 0.25) is 0 Å². The van der Waals surface area contributed by atoms with Crippen LogP contribution >= 0.6 is 0 Å². The molecule has 142 valence electrons. The van der Waals surface area contributed by atoms with E-state index in [2.05, 4.69) is 5.10 Å². The van der Waals surface area contributed by atoms with Gasteiger partial charge >= 0.3 is 6.18 Å². The Balaban J connectivity index is 2.07. The van der Waals surface area contributed by atoms with Crippen molar-refractivity contribution in [3.8, 4) is 11.1 Å². The molecule has 0 amide bonds. The zero-order chi connectivity index (χ0) is 19.1. The van der Waals surface area contributed by atoms with E-state index in [1.165, 1.54) is 24.1 Å². The number of aromatic nitrogens is 2. The molecule has 9 heteroatoms. The molecule has 26 heavy (non-hydrogen) atoms. The summed E-state index contributed by atoms with van der Waals surface area (Å²) in [4.78, 5) is -0.667. The van der Waals surface area contributed by atoms with Crippen LogP contribution in [0.3, 0.4) is 0 Å². The third-order valence-electron chi connectivity index (χ3n) is 4.74. The Morgan fingerprint density at radius 1 is 1.23 bits per heavy atom. The minimum atomic E-state index is -4.78. The minimum absolute atomic E-state index is 0.209. The number of hydrogen-bond donors (Lipinski definition) is 0. The topological polar surface area (TPSA) is 61.2 Å². The van der Waals surface area contributed by atoms with Gasteiger partial charge in [-0.05, 0) is 37.0 Å². The second-order valence-corrected chi connectivity index (χ2v) is 8.65. The van der Waals surface area contributed by atoms with Crippen molar-refractivity contribution in [3.63, 3.8) is 0 Å². The molecule has 0 N–H and O–H groups in total. The predicted molar refractivity (Wildman–Crippen MR) is 89.3 cm³/mol. The fraction of sp³-hybridized carbons (Fsp3) is 0.471. The van der Waals surface area contributed by atoms with E-state index in [1.807, 2.05) is 0 Å². The van der Waals surface area contributed by atoms with Gasteiger partial charge in [0.05, 0.1) is 28.0 Å². The molecule has 1 aromatic heterocycles. The molecular formula is C17H19F3N2O3S. The van der Waals surface area contributed by atoms with Crippen LogP contribution in [0.4, 0.5) is 13.2 Å². The van der Waals surface area contributed by atoms with Gasteiger partial charge in [0, 0.05) is 25.9 Å². The Morgan fingerprint density at radius 2 is 1.96 bits per heavy atom. The molecule has 0 radical (unpaired) electrons. The van der Waals surface area contributed by atoms with E-state index in [9.17, 15) is 21.6 Å². The van der Waals surface area contributed by atoms with Gasteiger partial charge in [-0.3, -0.25) is 4.68 Å². The number of ether oxygens (including phenoxy) is 1. The lowest BCUT2D eigenvalue weighted by Crippen LogP contribution is -2.23. The quantitative estimate of drug-likeness (QED) is 0.805. The van der Waals surface area contributed by atoms with Crippen molar-refractivity contribution in [3.05, 3.63) is 36.2 Å². The molecule has 5 nitrogen and oxygen atoms in total. The largest absolute Gasteiger partial charge is 0.417 e. The zero-order valence-electron chi connectivity index (χ0n) is 14.3. The maximum atomic E-state index is 13.6. The van der Waals surface area contributed by atoms with Crippen molar-refractivity contribution in [2.75, 3.05) is 7.11 Å². The maximum Gasteiger partial charge on any atom is 0.417 e. The monoisotopic (exact) mass is 388 g/mol. The number of alkyl halides is 3. The third-order valence-corrected chi connectivity index (χ3v) is 7.01. The van der Waals surface area contributed by atoms with Gasteiger partial charge in [-0.15, -0.1) is 0 Å². The fourth-order valence-electron chi connectivity index (χ4n) is 3.33. The van der Waals surface area contributed by atoms with Crippen LogP contribution in [0.15, 0.2) is 35.5 Å². The van der Waals surface area contributed by atoms with Crippen LogP contribution in [0.5, 0.6) is 0 Å². The summed E-state index contributed by atoms with van der Waals surface area (Å²) in [5.41, 5.74) is -0.382. The number of rotatable bonds is 4. The first-order valence-corrected chi connectivity index (χ1v) is 9.64. The molecule has 0 spiro atoms. The van der Waals surface area contributed by atoms with Crippen LogP contribution in [-0.2, 0) is 27.8 Å². The third kappa shape index (κ3) is 3.50. The molecule has 1 fully saturated rings. The van der Waals surface area contributed by atoms with Crippen LogP contribution in [0.1, 0.15) is 24.8 Å². The highest BCUT2D eigenvalue weighted by molar-refractivity contribution is 7.92. The highest BCUT2D eigenvalue weighted by atomic mass is 32.2. The number of methoxy groups -OCH3 is 1. The standard InChI is InChI=1S/C17H19F3N2O3S/c1-22-10-12(9-21-22)11-3-6-16(15(7-11)17(18,19)20)26(23,24)14-5-4-13(8-14)25-2/h3,6-7,9-10,13-14H,4-5,8H2,1-2H3. The van der Waals surface area contributed by atoms with Crippen LogP contribution in [0.25, 0.3) is 11.1 Å². The van der Waals surface area contributed by atoms with Crippen LogP contribution in [0, 0.1) is 0 Å². The molecule has 1 aliphatic rings. The fourth-order valence-corrected chi connectivity index (χ4v) is 5.34. The van der Waals surface area contributed by atoms with Gasteiger partial charge in [-0.1, -0.05) is 6.07 Å². The lowest BCUT2D eigenvalue weighted by molar-refractivity contribution is -0.139. The lowest BCUT2D eigenvalue weighted by Gasteiger charge is -2.18. The van der Waals surface area contributed by atoms with E-state index in [-0.39, 0.29) is 18.1 Å². The first-order chi connectivity index (χ1) is 12.1. The van der Waals surface area contributed by atoms with E-state index in [4.69, 9.17) is 4.74 Å². The molecule has 1 aromatic carbocycles. The van der Waals surface area contributed by atoms with Crippen molar-refractivity contribution in [2.24, 2.45) is 7.05 Å². The highest BCUT2D eigenvalue weighted by Crippen LogP contribution is 2.40. The Bertz CT molecular complexity index is 906. The first kappa shape index (κ1) is 18.9. The average molecular weight is 388 g/mol. The molecular weight excluding hydrogens is 369 g/mol. The molecule has 2 aromatic rings. The van der Waals surface area contributed by atoms with Gasteiger partial charge in [0.2, 0.25) is 0 Å². The average Bonchev–Trinajstić information content (AvgIpc) is 3.22. The highest BCUT2D eigenvalue weighted by Gasteiger charge is 2.42. The number of sulfone groups is 1. The van der Waals surface area contributed by atoms with Gasteiger partial charge in [0.15, 0.2) is 9.84 Å². The zero-order valence-corrected chi connectivity index (χ0v) is 15.1. The molecule has 0 bridgehead atoms. The summed E-state index contributed by atoms with van der Waals surface area (Å²) in [6.07, 6.45) is -0.981. The summed E-state index contributed by atoms with van der Waals surface area (Å²) in [5, 5.41) is 3.08. The first-order valence-electron chi connectivity index (χ1n) is 8.10. The van der Waals surface area contributed by atoms with Crippen molar-refractivity contribution >= 4 is 9.84 Å². The van der Waals surface area contributed by atoms with Crippen molar-refractivity contribution in [1.82, 2.24) is 9.78 Å². The Labute approximate surface area is 149 Å². The van der Waals surface area contributed by atoms with E-state index >= 15 is 0 Å². The van der Waals surface area contributed by atoms with E-state index in [1.54, 1.807) is 13.2 Å². The summed E-state index contributed by atoms with van der Waals surface area (Å²) in [7, 11) is -0.982. The van der Waals surface area contributed by atoms with Crippen LogP contribution in [-0.4, -0.2) is 36.7 Å². The molecule has 1 heterocycles. The predicted octanol–water partition coefficient (Wildman–Crippen LogP) is 3.45. The number of halogens is 3. The van der Waals surface area contributed by atoms with Crippen molar-refractivity contribution < 1.29 is 26.3 Å². The van der Waals surface area contributed by atoms with Gasteiger partial charge in [0.25, 0.3) is 0 Å². The second-order valence-electron chi connectivity index (χ2n) is 6.45. The molecule has 1 aliphatic carbocycles. The molecule has 2 atom stereocenters. The van der Waals surface area contributed by atoms with Crippen molar-refractivity contribution in [2.45, 2.75) is 41.7 Å². The number of benzene rings is 1. The van der Waals surface area contributed by atoms with Crippen LogP contribution < -0.4 is 0 Å². The normalized spacial score (nSPS) is 21.3. The van der Waals surface area contributed by atoms with Gasteiger partial charge in [0.1, 0.15) is 0 Å². The van der Waals surface area contributed by atoms with Crippen molar-refractivity contribution in [1.29, 1.82) is 0 Å². The Hall–Kier alpha value is -1.87. The smallest absolute Gasteiger partial charge is 0.381 e. The number of hydrogen-bond acceptors (Lipinski definition) is 4. The van der Waals surface area contributed by atoms with E-state index < -0.39 is 31.7 Å². The minimum Gasteiger partial charge on any atom is -0.381 e. The van der Waals surface area contributed by atoms with Gasteiger partial charge in [-0.25, -0.2) is 8.42 Å². The molecule has 3 rings (SSSR count). The number of nitrogens with zero attached hydrogens (tertiary/aromatic N) is 2. The Morgan fingerprint density at radius 3 is 2.50 bits per heavy atom. The second kappa shape index (κ2) is 6.70. The van der Waals surface area contributed by atoms with E-state index in [0.29, 0.717) is 18.4 Å². The maximum absolute atomic E-state index is 13.6. The SMILES string of the molecule is COC1CCC(S(=O)(=O)c2ccc(-c3cnn(C)c3)cc2C(F)(F)F)C1. The summed E-state index contributed by atoms with van der Waals surface area (Å²) >= 11 is 0. The summed E-state index contributed by atoms with van der Waals surface area (Å²) < 4.78 is 73.1. The summed E-state index contributed by atoms with van der Waals surface area (Å²) in [5.74, 6) is 0. The lowest BCUT2D eigenvalue weighted by atomic mass is 10.1. The van der Waals surface area contributed by atoms with E-state index in [0.717, 1.165) is 12.1 Å². The number of aryl methyl sites for hydroxylation is 1. The molecule has 1 saturated carbocycles. The summed E-state index contributed by atoms with van der Waals surface area (Å²) in [6.45, 7) is 0. The van der Waals surface area contributed by atoms with Gasteiger partial charge < -0.3 is 4.74 Å².